The van der Waals surface area contributed by atoms with Crippen LogP contribution in [-0.2, 0) is 4.79 Å². The number of aromatic hydroxyl groups is 1. The van der Waals surface area contributed by atoms with Gasteiger partial charge in [0, 0.05) is 24.0 Å². The smallest absolute Gasteiger partial charge is 0.344 e. The second-order valence-corrected chi connectivity index (χ2v) is 5.97. The van der Waals surface area contributed by atoms with Crippen molar-refractivity contribution in [2.75, 3.05) is 11.9 Å². The van der Waals surface area contributed by atoms with E-state index >= 15 is 0 Å². The molecule has 4 heteroatoms. The van der Waals surface area contributed by atoms with Gasteiger partial charge in [-0.05, 0) is 36.3 Å². The van der Waals surface area contributed by atoms with Gasteiger partial charge in [0.1, 0.15) is 0 Å². The molecule has 2 aromatic carbocycles. The van der Waals surface area contributed by atoms with Crippen LogP contribution in [0.3, 0.4) is 0 Å². The Hall–Kier alpha value is -3.27. The highest BCUT2D eigenvalue weighted by atomic mass is 16.5. The maximum Gasteiger partial charge on any atom is 0.344 e. The SMILES string of the molecule is CN1C2=CC=CCC2=C(C(=O)Oc2ccccc2O)c2ccccc21. The molecule has 4 nitrogen and oxygen atoms in total. The van der Waals surface area contributed by atoms with Crippen molar-refractivity contribution in [3.8, 4) is 11.5 Å². The van der Waals surface area contributed by atoms with Gasteiger partial charge in [-0.2, -0.15) is 0 Å². The molecule has 0 radical (unpaired) electrons. The average molecular weight is 331 g/mol. The van der Waals surface area contributed by atoms with E-state index in [4.69, 9.17) is 4.74 Å². The Morgan fingerprint density at radius 3 is 2.72 bits per heavy atom. The standard InChI is InChI=1S/C21H17NO3/c1-22-16-10-4-2-8-14(16)20(15-9-3-5-11-17(15)22)21(24)25-19-13-7-6-12-18(19)23/h2-8,10-13,23H,9H2,1H3. The summed E-state index contributed by atoms with van der Waals surface area (Å²) >= 11 is 0. The van der Waals surface area contributed by atoms with E-state index in [9.17, 15) is 9.90 Å². The highest BCUT2D eigenvalue weighted by Crippen LogP contribution is 2.42. The molecule has 0 amide bonds. The molecule has 0 aromatic heterocycles. The Labute approximate surface area is 146 Å². The first kappa shape index (κ1) is 15.3. The van der Waals surface area contributed by atoms with Crippen LogP contribution in [0.15, 0.2) is 78.0 Å². The van der Waals surface area contributed by atoms with Gasteiger partial charge < -0.3 is 14.7 Å². The summed E-state index contributed by atoms with van der Waals surface area (Å²) in [5.74, 6) is -0.353. The molecule has 0 spiro atoms. The zero-order valence-electron chi connectivity index (χ0n) is 13.8. The molecular formula is C21H17NO3. The van der Waals surface area contributed by atoms with E-state index in [-0.39, 0.29) is 11.5 Å². The van der Waals surface area contributed by atoms with E-state index in [0.717, 1.165) is 22.5 Å². The number of fused-ring (bicyclic) bond motifs is 2. The lowest BCUT2D eigenvalue weighted by molar-refractivity contribution is -0.128. The molecule has 1 aliphatic carbocycles. The van der Waals surface area contributed by atoms with Crippen LogP contribution < -0.4 is 9.64 Å². The van der Waals surface area contributed by atoms with Crippen molar-refractivity contribution < 1.29 is 14.6 Å². The lowest BCUT2D eigenvalue weighted by Gasteiger charge is -2.34. The number of phenolic OH excluding ortho intramolecular Hbond substituents is 1. The van der Waals surface area contributed by atoms with Gasteiger partial charge in [-0.15, -0.1) is 0 Å². The number of rotatable bonds is 2. The second kappa shape index (κ2) is 5.98. The third-order valence-corrected chi connectivity index (χ3v) is 4.49. The largest absolute Gasteiger partial charge is 0.504 e. The van der Waals surface area contributed by atoms with Gasteiger partial charge in [0.2, 0.25) is 0 Å². The number of phenols is 1. The number of para-hydroxylation sites is 3. The fourth-order valence-corrected chi connectivity index (χ4v) is 3.29. The number of ether oxygens (including phenoxy) is 1. The summed E-state index contributed by atoms with van der Waals surface area (Å²) in [6, 6.07) is 14.3. The highest BCUT2D eigenvalue weighted by molar-refractivity contribution is 6.22. The minimum Gasteiger partial charge on any atom is -0.504 e. The van der Waals surface area contributed by atoms with E-state index < -0.39 is 5.97 Å². The van der Waals surface area contributed by atoms with Crippen molar-refractivity contribution in [3.63, 3.8) is 0 Å². The van der Waals surface area contributed by atoms with Gasteiger partial charge in [0.15, 0.2) is 11.5 Å². The van der Waals surface area contributed by atoms with Gasteiger partial charge in [-0.3, -0.25) is 0 Å². The molecule has 1 N–H and O–H groups in total. The summed E-state index contributed by atoms with van der Waals surface area (Å²) in [6.07, 6.45) is 6.68. The summed E-state index contributed by atoms with van der Waals surface area (Å²) < 4.78 is 5.51. The molecule has 25 heavy (non-hydrogen) atoms. The molecule has 4 rings (SSSR count). The summed E-state index contributed by atoms with van der Waals surface area (Å²) in [5, 5.41) is 9.90. The molecule has 0 bridgehead atoms. The molecule has 2 aromatic rings. The Bertz CT molecular complexity index is 953. The number of likely N-dealkylation sites (N-methyl/N-ethyl adjacent to an activating group) is 1. The summed E-state index contributed by atoms with van der Waals surface area (Å²) in [7, 11) is 2.00. The monoisotopic (exact) mass is 331 g/mol. The van der Waals surface area contributed by atoms with Crippen molar-refractivity contribution in [2.45, 2.75) is 6.42 Å². The van der Waals surface area contributed by atoms with E-state index in [1.54, 1.807) is 18.2 Å². The van der Waals surface area contributed by atoms with Crippen LogP contribution in [0, 0.1) is 0 Å². The third kappa shape index (κ3) is 2.52. The fourth-order valence-electron chi connectivity index (χ4n) is 3.29. The number of benzene rings is 2. The number of carbonyl (C=O) groups is 1. The van der Waals surface area contributed by atoms with Gasteiger partial charge in [-0.1, -0.05) is 42.5 Å². The molecule has 2 aliphatic rings. The second-order valence-electron chi connectivity index (χ2n) is 5.97. The number of nitrogens with zero attached hydrogens (tertiary/aromatic N) is 1. The highest BCUT2D eigenvalue weighted by Gasteiger charge is 2.31. The minimum atomic E-state index is -0.460. The lowest BCUT2D eigenvalue weighted by atomic mass is 9.87. The zero-order valence-corrected chi connectivity index (χ0v) is 13.8. The Balaban J connectivity index is 1.83. The van der Waals surface area contributed by atoms with E-state index in [1.807, 2.05) is 49.5 Å². The fraction of sp³-hybridized carbons (Fsp3) is 0.0952. The van der Waals surface area contributed by atoms with Crippen molar-refractivity contribution in [1.82, 2.24) is 0 Å². The lowest BCUT2D eigenvalue weighted by Crippen LogP contribution is -2.27. The molecule has 1 aliphatic heterocycles. The number of hydrogen-bond donors (Lipinski definition) is 1. The van der Waals surface area contributed by atoms with Crippen LogP contribution in [0.1, 0.15) is 12.0 Å². The van der Waals surface area contributed by atoms with Crippen LogP contribution in [0.25, 0.3) is 5.57 Å². The van der Waals surface area contributed by atoms with Crippen molar-refractivity contribution in [3.05, 3.63) is 83.6 Å². The van der Waals surface area contributed by atoms with Crippen LogP contribution in [0.4, 0.5) is 5.69 Å². The zero-order chi connectivity index (χ0) is 17.4. The molecule has 0 unspecified atom stereocenters. The molecule has 0 saturated heterocycles. The normalized spacial score (nSPS) is 15.4. The molecule has 124 valence electrons. The van der Waals surface area contributed by atoms with Crippen LogP contribution >= 0.6 is 0 Å². The Morgan fingerprint density at radius 1 is 1.12 bits per heavy atom. The number of carbonyl (C=O) groups excluding carboxylic acids is 1. The molecule has 0 fully saturated rings. The predicted molar refractivity (Wildman–Crippen MR) is 97.3 cm³/mol. The number of anilines is 1. The third-order valence-electron chi connectivity index (χ3n) is 4.49. The van der Waals surface area contributed by atoms with Crippen molar-refractivity contribution in [1.29, 1.82) is 0 Å². The first-order valence-electron chi connectivity index (χ1n) is 8.10. The average Bonchev–Trinajstić information content (AvgIpc) is 2.64. The summed E-state index contributed by atoms with van der Waals surface area (Å²) in [4.78, 5) is 15.1. The van der Waals surface area contributed by atoms with Crippen LogP contribution in [-0.4, -0.2) is 18.1 Å². The van der Waals surface area contributed by atoms with Crippen molar-refractivity contribution >= 4 is 17.2 Å². The summed E-state index contributed by atoms with van der Waals surface area (Å²) in [6.45, 7) is 0. The van der Waals surface area contributed by atoms with Crippen LogP contribution in [0.5, 0.6) is 11.5 Å². The van der Waals surface area contributed by atoms with Crippen LogP contribution in [0.2, 0.25) is 0 Å². The van der Waals surface area contributed by atoms with Gasteiger partial charge in [-0.25, -0.2) is 4.79 Å². The number of hydrogen-bond acceptors (Lipinski definition) is 4. The van der Waals surface area contributed by atoms with Gasteiger partial charge in [0.25, 0.3) is 0 Å². The Morgan fingerprint density at radius 2 is 1.88 bits per heavy atom. The van der Waals surface area contributed by atoms with E-state index in [0.29, 0.717) is 12.0 Å². The van der Waals surface area contributed by atoms with Gasteiger partial charge in [0.05, 0.1) is 5.57 Å². The Kier molecular flexibility index (Phi) is 3.65. The molecule has 0 saturated carbocycles. The minimum absolute atomic E-state index is 0.0537. The first-order valence-corrected chi connectivity index (χ1v) is 8.10. The summed E-state index contributed by atoms with van der Waals surface area (Å²) in [5.41, 5.74) is 4.27. The van der Waals surface area contributed by atoms with Gasteiger partial charge >= 0.3 is 5.97 Å². The number of allylic oxidation sites excluding steroid dienone is 4. The molecular weight excluding hydrogens is 314 g/mol. The molecule has 1 heterocycles. The first-order chi connectivity index (χ1) is 12.2. The topological polar surface area (TPSA) is 49.8 Å². The number of esters is 1. The van der Waals surface area contributed by atoms with E-state index in [1.165, 1.54) is 6.07 Å². The maximum absolute atomic E-state index is 13.0. The predicted octanol–water partition coefficient (Wildman–Crippen LogP) is 4.05. The van der Waals surface area contributed by atoms with E-state index in [2.05, 4.69) is 4.90 Å². The quantitative estimate of drug-likeness (QED) is 0.666. The molecule has 0 atom stereocenters. The maximum atomic E-state index is 13.0. The van der Waals surface area contributed by atoms with Crippen molar-refractivity contribution in [2.24, 2.45) is 0 Å².